The molecule has 1 aliphatic rings. The number of halogens is 3. The lowest BCUT2D eigenvalue weighted by molar-refractivity contribution is -0.137. The lowest BCUT2D eigenvalue weighted by Crippen LogP contribution is -2.26. The Bertz CT molecular complexity index is 1680. The van der Waals surface area contributed by atoms with Crippen LogP contribution in [0.1, 0.15) is 58.0 Å². The Kier molecular flexibility index (Phi) is 9.69. The lowest BCUT2D eigenvalue weighted by atomic mass is 9.92. The van der Waals surface area contributed by atoms with Gasteiger partial charge in [-0.3, -0.25) is 9.78 Å². The average molecular weight is 624 g/mol. The summed E-state index contributed by atoms with van der Waals surface area (Å²) in [6, 6.07) is 10.4. The molecule has 10 nitrogen and oxygen atoms in total. The van der Waals surface area contributed by atoms with Crippen LogP contribution in [0.2, 0.25) is 0 Å². The van der Waals surface area contributed by atoms with E-state index in [9.17, 15) is 18.0 Å². The third kappa shape index (κ3) is 8.11. The highest BCUT2D eigenvalue weighted by Crippen LogP contribution is 2.42. The van der Waals surface area contributed by atoms with Gasteiger partial charge in [-0.1, -0.05) is 47.6 Å². The van der Waals surface area contributed by atoms with Gasteiger partial charge in [0, 0.05) is 29.4 Å². The smallest absolute Gasteiger partial charge is 0.418 e. The van der Waals surface area contributed by atoms with Crippen LogP contribution in [-0.4, -0.2) is 32.3 Å². The van der Waals surface area contributed by atoms with Crippen LogP contribution < -0.4 is 25.4 Å². The number of fused-ring (bicyclic) bond motifs is 1. The molecule has 4 heterocycles. The number of nitrogens with one attached hydrogen (secondary N) is 3. The standard InChI is InChI=1S/C29H28F3N7O3.C3H8/c1-16-6-7-18(14-34-16)39-24(13-23(38-39)28(3,4)5)36-17(2)35-21-9-8-19(12-20(21)29(30,31)32)42-22-10-11-33-27-26(22)41-15-25(40)37-27;1-3-2/h6-14,35-36H,2,15H2,1,3-5H3,(H,33,37,40);3H2,1-2H3. The van der Waals surface area contributed by atoms with Crippen molar-refractivity contribution in [2.45, 2.75) is 59.6 Å². The normalized spacial score (nSPS) is 12.6. The molecule has 0 spiro atoms. The first-order valence-electron chi connectivity index (χ1n) is 14.3. The summed E-state index contributed by atoms with van der Waals surface area (Å²) in [6.45, 7) is 15.8. The number of carbonyl (C=O) groups excluding carboxylic acids is 1. The van der Waals surface area contributed by atoms with Gasteiger partial charge in [0.2, 0.25) is 5.75 Å². The summed E-state index contributed by atoms with van der Waals surface area (Å²) in [4.78, 5) is 19.9. The summed E-state index contributed by atoms with van der Waals surface area (Å²) in [6.07, 6.45) is -0.462. The third-order valence-electron chi connectivity index (χ3n) is 6.18. The molecule has 4 aromatic rings. The molecule has 0 fully saturated rings. The number of anilines is 3. The molecule has 3 N–H and O–H groups in total. The quantitative estimate of drug-likeness (QED) is 0.191. The SMILES string of the molecule is C=C(Nc1ccc(Oc2ccnc3c2OCC(=O)N3)cc1C(F)(F)F)Nc1cc(C(C)(C)C)nn1-c1ccc(C)nc1.CCC. The van der Waals surface area contributed by atoms with Crippen LogP contribution in [0.5, 0.6) is 17.2 Å². The predicted octanol–water partition coefficient (Wildman–Crippen LogP) is 7.82. The zero-order valence-electron chi connectivity index (χ0n) is 26.0. The van der Waals surface area contributed by atoms with E-state index in [0.29, 0.717) is 11.5 Å². The highest BCUT2D eigenvalue weighted by atomic mass is 19.4. The Morgan fingerprint density at radius 3 is 2.47 bits per heavy atom. The summed E-state index contributed by atoms with van der Waals surface area (Å²) >= 11 is 0. The van der Waals surface area contributed by atoms with Crippen molar-refractivity contribution in [2.24, 2.45) is 0 Å². The Labute approximate surface area is 259 Å². The summed E-state index contributed by atoms with van der Waals surface area (Å²) < 4.78 is 55.2. The molecule has 1 aliphatic heterocycles. The number of hydrogen-bond acceptors (Lipinski definition) is 8. The second-order valence-corrected chi connectivity index (χ2v) is 11.3. The number of nitrogens with zero attached hydrogens (tertiary/aromatic N) is 4. The van der Waals surface area contributed by atoms with Crippen LogP contribution in [0.15, 0.2) is 67.3 Å². The fraction of sp³-hybridized carbons (Fsp3) is 0.312. The molecule has 1 aromatic carbocycles. The van der Waals surface area contributed by atoms with Gasteiger partial charge in [-0.15, -0.1) is 0 Å². The molecule has 1 amide bonds. The number of benzene rings is 1. The number of aromatic nitrogens is 4. The Hall–Kier alpha value is -5.07. The molecule has 5 rings (SSSR count). The molecule has 0 unspecified atom stereocenters. The fourth-order valence-corrected chi connectivity index (χ4v) is 4.07. The third-order valence-corrected chi connectivity index (χ3v) is 6.18. The number of alkyl halides is 3. The fourth-order valence-electron chi connectivity index (χ4n) is 4.07. The number of hydrogen-bond donors (Lipinski definition) is 3. The van der Waals surface area contributed by atoms with Crippen LogP contribution in [0.25, 0.3) is 5.69 Å². The van der Waals surface area contributed by atoms with Gasteiger partial charge in [-0.2, -0.15) is 18.3 Å². The molecule has 0 saturated carbocycles. The Morgan fingerprint density at radius 2 is 1.82 bits per heavy atom. The lowest BCUT2D eigenvalue weighted by Gasteiger charge is -2.21. The predicted molar refractivity (Wildman–Crippen MR) is 167 cm³/mol. The van der Waals surface area contributed by atoms with Crippen molar-refractivity contribution in [2.75, 3.05) is 22.6 Å². The maximum Gasteiger partial charge on any atom is 0.418 e. The van der Waals surface area contributed by atoms with Crippen molar-refractivity contribution < 1.29 is 27.4 Å². The molecule has 0 bridgehead atoms. The number of rotatable bonds is 7. The zero-order chi connectivity index (χ0) is 32.9. The van der Waals surface area contributed by atoms with Gasteiger partial charge in [-0.05, 0) is 37.3 Å². The highest BCUT2D eigenvalue weighted by molar-refractivity contribution is 5.94. The van der Waals surface area contributed by atoms with Gasteiger partial charge in [0.25, 0.3) is 5.91 Å². The van der Waals surface area contributed by atoms with Crippen molar-refractivity contribution in [1.82, 2.24) is 19.7 Å². The molecular formula is C32H36F3N7O3. The van der Waals surface area contributed by atoms with Crippen molar-refractivity contribution in [3.63, 3.8) is 0 Å². The van der Waals surface area contributed by atoms with E-state index in [1.54, 1.807) is 10.9 Å². The van der Waals surface area contributed by atoms with Crippen molar-refractivity contribution in [1.29, 1.82) is 0 Å². The number of carbonyl (C=O) groups is 1. The second-order valence-electron chi connectivity index (χ2n) is 11.3. The topological polar surface area (TPSA) is 115 Å². The van der Waals surface area contributed by atoms with Gasteiger partial charge < -0.3 is 25.4 Å². The van der Waals surface area contributed by atoms with Crippen LogP contribution in [0, 0.1) is 6.92 Å². The van der Waals surface area contributed by atoms with E-state index in [4.69, 9.17) is 14.6 Å². The van der Waals surface area contributed by atoms with E-state index in [1.807, 2.05) is 45.9 Å². The molecule has 3 aromatic heterocycles. The summed E-state index contributed by atoms with van der Waals surface area (Å²) in [5, 5.41) is 13.0. The Balaban J connectivity index is 0.00000148. The maximum atomic E-state index is 14.2. The highest BCUT2D eigenvalue weighted by Gasteiger charge is 2.35. The average Bonchev–Trinajstić information content (AvgIpc) is 3.38. The molecule has 0 aliphatic carbocycles. The van der Waals surface area contributed by atoms with Gasteiger partial charge in [-0.25, -0.2) is 9.67 Å². The van der Waals surface area contributed by atoms with Crippen LogP contribution in [0.3, 0.4) is 0 Å². The van der Waals surface area contributed by atoms with Crippen molar-refractivity contribution >= 4 is 23.2 Å². The first-order chi connectivity index (χ1) is 21.2. The number of aryl methyl sites for hydroxylation is 1. The van der Waals surface area contributed by atoms with E-state index in [2.05, 4.69) is 46.3 Å². The van der Waals surface area contributed by atoms with E-state index in [0.717, 1.165) is 17.5 Å². The molecule has 0 saturated heterocycles. The van der Waals surface area contributed by atoms with E-state index >= 15 is 0 Å². The molecule has 0 atom stereocenters. The number of pyridine rings is 2. The first-order valence-corrected chi connectivity index (χ1v) is 14.3. The molecule has 13 heteroatoms. The molecule has 45 heavy (non-hydrogen) atoms. The minimum absolute atomic E-state index is 0.0863. The van der Waals surface area contributed by atoms with Crippen molar-refractivity contribution in [3.8, 4) is 22.9 Å². The maximum absolute atomic E-state index is 14.2. The number of ether oxygens (including phenoxy) is 2. The monoisotopic (exact) mass is 623 g/mol. The van der Waals surface area contributed by atoms with E-state index in [-0.39, 0.29) is 46.6 Å². The van der Waals surface area contributed by atoms with Crippen LogP contribution in [0.4, 0.5) is 30.5 Å². The summed E-state index contributed by atoms with van der Waals surface area (Å²) in [5.74, 6) is 0.433. The van der Waals surface area contributed by atoms with Crippen molar-refractivity contribution in [3.05, 3.63) is 84.2 Å². The zero-order valence-corrected chi connectivity index (χ0v) is 26.0. The number of amides is 1. The first kappa shape index (κ1) is 32.8. The van der Waals surface area contributed by atoms with Crippen LogP contribution >= 0.6 is 0 Å². The molecule has 0 radical (unpaired) electrons. The van der Waals surface area contributed by atoms with E-state index < -0.39 is 17.6 Å². The second kappa shape index (κ2) is 13.3. The van der Waals surface area contributed by atoms with Gasteiger partial charge in [0.05, 0.1) is 28.8 Å². The largest absolute Gasteiger partial charge is 0.476 e. The van der Waals surface area contributed by atoms with Gasteiger partial charge >= 0.3 is 6.18 Å². The van der Waals surface area contributed by atoms with Crippen LogP contribution in [-0.2, 0) is 16.4 Å². The summed E-state index contributed by atoms with van der Waals surface area (Å²) in [7, 11) is 0. The summed E-state index contributed by atoms with van der Waals surface area (Å²) in [5.41, 5.74) is 0.748. The van der Waals surface area contributed by atoms with Gasteiger partial charge in [0.15, 0.2) is 18.2 Å². The minimum atomic E-state index is -4.72. The minimum Gasteiger partial charge on any atom is -0.476 e. The molecule has 238 valence electrons. The van der Waals surface area contributed by atoms with E-state index in [1.165, 1.54) is 30.8 Å². The Morgan fingerprint density at radius 1 is 1.09 bits per heavy atom. The van der Waals surface area contributed by atoms with Gasteiger partial charge in [0.1, 0.15) is 17.4 Å². The molecular weight excluding hydrogens is 587 g/mol.